The zero-order valence-electron chi connectivity index (χ0n) is 18.1. The monoisotopic (exact) mass is 450 g/mol. The van der Waals surface area contributed by atoms with Gasteiger partial charge in [-0.15, -0.1) is 11.8 Å². The maximum absolute atomic E-state index is 13.4. The Morgan fingerprint density at radius 2 is 1.45 bits per heavy atom. The smallest absolute Gasteiger partial charge is 0.258 e. The molecule has 0 aliphatic carbocycles. The maximum Gasteiger partial charge on any atom is 0.258 e. The van der Waals surface area contributed by atoms with Crippen molar-refractivity contribution in [3.8, 4) is 11.1 Å². The number of nitrogens with one attached hydrogen (secondary N) is 1. The van der Waals surface area contributed by atoms with Crippen LogP contribution in [-0.2, 0) is 6.54 Å². The van der Waals surface area contributed by atoms with E-state index in [-0.39, 0.29) is 11.8 Å². The van der Waals surface area contributed by atoms with Gasteiger partial charge in [0.05, 0.1) is 17.8 Å². The standard InChI is InChI=1S/C28H22N2O2S/c1-33-26-13-7-5-11-24(26)27(31)29-21-16-14-19(15-17-21)28(32)30-18-20-8-2-3-9-22(20)23-10-4-6-12-25(23)30/h2-17H,18H2,1H3,(H,29,31). The molecule has 162 valence electrons. The summed E-state index contributed by atoms with van der Waals surface area (Å²) in [5, 5.41) is 2.93. The van der Waals surface area contributed by atoms with Gasteiger partial charge < -0.3 is 10.2 Å². The number of amides is 2. The quantitative estimate of drug-likeness (QED) is 0.362. The van der Waals surface area contributed by atoms with E-state index in [1.807, 2.05) is 65.8 Å². The summed E-state index contributed by atoms with van der Waals surface area (Å²) in [6.45, 7) is 0.524. The first-order chi connectivity index (χ1) is 16.2. The summed E-state index contributed by atoms with van der Waals surface area (Å²) in [5.74, 6) is -0.233. The zero-order chi connectivity index (χ0) is 22.8. The van der Waals surface area contributed by atoms with Crippen LogP contribution in [0.1, 0.15) is 26.3 Å². The van der Waals surface area contributed by atoms with Crippen LogP contribution in [0, 0.1) is 0 Å². The summed E-state index contributed by atoms with van der Waals surface area (Å²) >= 11 is 1.54. The van der Waals surface area contributed by atoms with Crippen LogP contribution >= 0.6 is 11.8 Å². The van der Waals surface area contributed by atoms with Crippen molar-refractivity contribution in [3.63, 3.8) is 0 Å². The first-order valence-electron chi connectivity index (χ1n) is 10.7. The van der Waals surface area contributed by atoms with Gasteiger partial charge in [-0.05, 0) is 59.8 Å². The summed E-state index contributed by atoms with van der Waals surface area (Å²) in [6, 6.07) is 30.8. The molecule has 0 fully saturated rings. The van der Waals surface area contributed by atoms with Crippen molar-refractivity contribution < 1.29 is 9.59 Å². The molecule has 0 unspecified atom stereocenters. The van der Waals surface area contributed by atoms with E-state index in [1.54, 1.807) is 24.3 Å². The molecule has 1 N–H and O–H groups in total. The van der Waals surface area contributed by atoms with Crippen LogP contribution in [0.4, 0.5) is 11.4 Å². The molecule has 2 amide bonds. The number of hydrogen-bond acceptors (Lipinski definition) is 3. The summed E-state index contributed by atoms with van der Waals surface area (Å²) in [6.07, 6.45) is 1.95. The summed E-state index contributed by atoms with van der Waals surface area (Å²) in [7, 11) is 0. The van der Waals surface area contributed by atoms with Gasteiger partial charge in [-0.2, -0.15) is 0 Å². The molecule has 0 aromatic heterocycles. The highest BCUT2D eigenvalue weighted by Gasteiger charge is 2.26. The molecule has 1 aliphatic rings. The van der Waals surface area contributed by atoms with Crippen molar-refractivity contribution in [2.24, 2.45) is 0 Å². The molecular formula is C28H22N2O2S. The molecule has 0 atom stereocenters. The van der Waals surface area contributed by atoms with Crippen LogP contribution in [0.15, 0.2) is 102 Å². The van der Waals surface area contributed by atoms with Crippen LogP contribution in [0.5, 0.6) is 0 Å². The number of hydrogen-bond donors (Lipinski definition) is 1. The molecular weight excluding hydrogens is 428 g/mol. The Morgan fingerprint density at radius 3 is 2.24 bits per heavy atom. The molecule has 4 aromatic rings. The van der Waals surface area contributed by atoms with Gasteiger partial charge in [0.25, 0.3) is 11.8 Å². The van der Waals surface area contributed by atoms with Gasteiger partial charge in [-0.25, -0.2) is 0 Å². The number of carbonyl (C=O) groups is 2. The summed E-state index contributed by atoms with van der Waals surface area (Å²) < 4.78 is 0. The van der Waals surface area contributed by atoms with Crippen molar-refractivity contribution in [3.05, 3.63) is 114 Å². The molecule has 1 aliphatic heterocycles. The second-order valence-corrected chi connectivity index (χ2v) is 8.65. The average Bonchev–Trinajstić information content (AvgIpc) is 2.88. The minimum absolute atomic E-state index is 0.0671. The minimum atomic E-state index is -0.166. The number of anilines is 2. The topological polar surface area (TPSA) is 49.4 Å². The van der Waals surface area contributed by atoms with E-state index in [0.29, 0.717) is 23.4 Å². The van der Waals surface area contributed by atoms with E-state index in [4.69, 9.17) is 0 Å². The minimum Gasteiger partial charge on any atom is -0.322 e. The van der Waals surface area contributed by atoms with Crippen LogP contribution < -0.4 is 10.2 Å². The normalized spacial score (nSPS) is 12.0. The van der Waals surface area contributed by atoms with E-state index >= 15 is 0 Å². The Kier molecular flexibility index (Phi) is 5.71. The molecule has 1 heterocycles. The van der Waals surface area contributed by atoms with Crippen LogP contribution in [0.2, 0.25) is 0 Å². The number of fused-ring (bicyclic) bond motifs is 3. The molecule has 0 bridgehead atoms. The Bertz CT molecular complexity index is 1350. The first kappa shape index (κ1) is 21.0. The molecule has 0 saturated heterocycles. The van der Waals surface area contributed by atoms with E-state index < -0.39 is 0 Å². The number of nitrogens with zero attached hydrogens (tertiary/aromatic N) is 1. The summed E-state index contributed by atoms with van der Waals surface area (Å²) in [5.41, 5.74) is 6.12. The fourth-order valence-electron chi connectivity index (χ4n) is 4.18. The number of thioether (sulfide) groups is 1. The molecule has 4 nitrogen and oxygen atoms in total. The third-order valence-electron chi connectivity index (χ3n) is 5.82. The third kappa shape index (κ3) is 4.03. The third-order valence-corrected chi connectivity index (χ3v) is 6.61. The Balaban J connectivity index is 1.38. The zero-order valence-corrected chi connectivity index (χ0v) is 18.9. The van der Waals surface area contributed by atoms with Crippen LogP contribution in [0.25, 0.3) is 11.1 Å². The van der Waals surface area contributed by atoms with Gasteiger partial charge in [0, 0.05) is 21.7 Å². The van der Waals surface area contributed by atoms with Crippen molar-refractivity contribution >= 4 is 35.0 Å². The molecule has 4 aromatic carbocycles. The highest BCUT2D eigenvalue weighted by atomic mass is 32.2. The van der Waals surface area contributed by atoms with E-state index in [2.05, 4.69) is 23.5 Å². The number of carbonyl (C=O) groups excluding carboxylic acids is 2. The lowest BCUT2D eigenvalue weighted by atomic mass is 9.93. The van der Waals surface area contributed by atoms with Crippen molar-refractivity contribution in [1.29, 1.82) is 0 Å². The predicted octanol–water partition coefficient (Wildman–Crippen LogP) is 6.49. The Hall–Kier alpha value is -3.83. The number of benzene rings is 4. The Labute approximate surface area is 197 Å². The average molecular weight is 451 g/mol. The molecule has 0 spiro atoms. The largest absolute Gasteiger partial charge is 0.322 e. The van der Waals surface area contributed by atoms with Crippen molar-refractivity contribution in [2.75, 3.05) is 16.5 Å². The fourth-order valence-corrected chi connectivity index (χ4v) is 4.77. The van der Waals surface area contributed by atoms with Gasteiger partial charge in [-0.3, -0.25) is 9.59 Å². The molecule has 33 heavy (non-hydrogen) atoms. The second-order valence-electron chi connectivity index (χ2n) is 7.80. The van der Waals surface area contributed by atoms with E-state index in [1.165, 1.54) is 17.3 Å². The lowest BCUT2D eigenvalue weighted by Crippen LogP contribution is -2.33. The first-order valence-corrected chi connectivity index (χ1v) is 11.9. The lowest BCUT2D eigenvalue weighted by molar-refractivity contribution is 0.0983. The maximum atomic E-state index is 13.4. The predicted molar refractivity (Wildman–Crippen MR) is 135 cm³/mol. The number of para-hydroxylation sites is 1. The molecule has 5 heteroatoms. The summed E-state index contributed by atoms with van der Waals surface area (Å²) in [4.78, 5) is 28.9. The van der Waals surface area contributed by atoms with E-state index in [9.17, 15) is 9.59 Å². The highest BCUT2D eigenvalue weighted by Crippen LogP contribution is 2.39. The van der Waals surface area contributed by atoms with Gasteiger partial charge in [0.15, 0.2) is 0 Å². The van der Waals surface area contributed by atoms with Crippen LogP contribution in [0.3, 0.4) is 0 Å². The van der Waals surface area contributed by atoms with Gasteiger partial charge >= 0.3 is 0 Å². The second kappa shape index (κ2) is 8.96. The van der Waals surface area contributed by atoms with E-state index in [0.717, 1.165) is 21.7 Å². The van der Waals surface area contributed by atoms with Crippen molar-refractivity contribution in [1.82, 2.24) is 0 Å². The van der Waals surface area contributed by atoms with Gasteiger partial charge in [0.2, 0.25) is 0 Å². The fraction of sp³-hybridized carbons (Fsp3) is 0.0714. The number of rotatable bonds is 4. The SMILES string of the molecule is CSc1ccccc1C(=O)Nc1ccc(C(=O)N2Cc3ccccc3-c3ccccc32)cc1. The molecule has 0 radical (unpaired) electrons. The van der Waals surface area contributed by atoms with Gasteiger partial charge in [0.1, 0.15) is 0 Å². The van der Waals surface area contributed by atoms with Gasteiger partial charge in [-0.1, -0.05) is 54.6 Å². The highest BCUT2D eigenvalue weighted by molar-refractivity contribution is 7.98. The molecule has 5 rings (SSSR count). The Morgan fingerprint density at radius 1 is 0.788 bits per heavy atom. The van der Waals surface area contributed by atoms with Crippen LogP contribution in [-0.4, -0.2) is 18.1 Å². The molecule has 0 saturated carbocycles. The van der Waals surface area contributed by atoms with Crippen molar-refractivity contribution in [2.45, 2.75) is 11.4 Å². The lowest BCUT2D eigenvalue weighted by Gasteiger charge is -2.31.